The van der Waals surface area contributed by atoms with Crippen molar-refractivity contribution >= 4 is 17.5 Å². The van der Waals surface area contributed by atoms with Gasteiger partial charge in [-0.2, -0.15) is 0 Å². The fourth-order valence-corrected chi connectivity index (χ4v) is 2.86. The Morgan fingerprint density at radius 2 is 2.19 bits per heavy atom. The number of nitrogens with zero attached hydrogens (tertiary/aromatic N) is 1. The molecule has 0 bridgehead atoms. The van der Waals surface area contributed by atoms with Crippen molar-refractivity contribution in [1.29, 1.82) is 0 Å². The van der Waals surface area contributed by atoms with Crippen LogP contribution in [-0.2, 0) is 9.53 Å². The van der Waals surface area contributed by atoms with E-state index < -0.39 is 5.60 Å². The Balaban J connectivity index is 1.58. The molecule has 3 rings (SSSR count). The van der Waals surface area contributed by atoms with E-state index in [1.807, 2.05) is 12.1 Å². The van der Waals surface area contributed by atoms with Crippen molar-refractivity contribution in [3.8, 4) is 5.75 Å². The largest absolute Gasteiger partial charge is 0.489 e. The molecular weight excluding hydrogens is 294 g/mol. The van der Waals surface area contributed by atoms with Crippen LogP contribution in [0.15, 0.2) is 24.3 Å². The molecule has 0 spiro atoms. The smallest absolute Gasteiger partial charge is 0.257 e. The van der Waals surface area contributed by atoms with Gasteiger partial charge in [-0.3, -0.25) is 4.79 Å². The van der Waals surface area contributed by atoms with Gasteiger partial charge in [-0.1, -0.05) is 11.6 Å². The molecule has 2 aliphatic rings. The molecular formula is C15H18ClNO4. The third kappa shape index (κ3) is 3.15. The van der Waals surface area contributed by atoms with Crippen LogP contribution in [-0.4, -0.2) is 53.9 Å². The van der Waals surface area contributed by atoms with Gasteiger partial charge >= 0.3 is 0 Å². The van der Waals surface area contributed by atoms with Crippen molar-refractivity contribution in [1.82, 2.24) is 4.90 Å². The fraction of sp³-hybridized carbons (Fsp3) is 0.533. The van der Waals surface area contributed by atoms with Gasteiger partial charge in [-0.15, -0.1) is 0 Å². The molecule has 2 aliphatic heterocycles. The van der Waals surface area contributed by atoms with Crippen molar-refractivity contribution in [2.45, 2.75) is 24.5 Å². The summed E-state index contributed by atoms with van der Waals surface area (Å²) in [6.45, 7) is 1.61. The van der Waals surface area contributed by atoms with Gasteiger partial charge in [0.05, 0.1) is 19.8 Å². The molecule has 1 aromatic rings. The van der Waals surface area contributed by atoms with Crippen molar-refractivity contribution in [3.63, 3.8) is 0 Å². The van der Waals surface area contributed by atoms with Gasteiger partial charge in [-0.05, 0) is 24.3 Å². The minimum Gasteiger partial charge on any atom is -0.489 e. The van der Waals surface area contributed by atoms with E-state index in [-0.39, 0.29) is 18.6 Å². The number of hydrogen-bond acceptors (Lipinski definition) is 4. The molecule has 2 saturated heterocycles. The Bertz CT molecular complexity index is 513. The van der Waals surface area contributed by atoms with Crippen LogP contribution >= 0.6 is 11.6 Å². The van der Waals surface area contributed by atoms with E-state index in [1.165, 1.54) is 0 Å². The van der Waals surface area contributed by atoms with E-state index in [1.54, 1.807) is 17.0 Å². The second-order valence-corrected chi connectivity index (χ2v) is 6.00. The van der Waals surface area contributed by atoms with Gasteiger partial charge in [-0.25, -0.2) is 0 Å². The lowest BCUT2D eigenvalue weighted by Crippen LogP contribution is -2.49. The minimum absolute atomic E-state index is 0.0546. The number of ether oxygens (including phenoxy) is 2. The van der Waals surface area contributed by atoms with Crippen LogP contribution in [0.1, 0.15) is 12.8 Å². The van der Waals surface area contributed by atoms with Crippen molar-refractivity contribution in [2.75, 3.05) is 26.3 Å². The summed E-state index contributed by atoms with van der Waals surface area (Å²) < 4.78 is 11.0. The summed E-state index contributed by atoms with van der Waals surface area (Å²) in [5, 5.41) is 10.9. The molecule has 1 amide bonds. The molecule has 5 nitrogen and oxygen atoms in total. The Labute approximate surface area is 128 Å². The van der Waals surface area contributed by atoms with E-state index in [2.05, 4.69) is 0 Å². The van der Waals surface area contributed by atoms with Gasteiger partial charge in [0.25, 0.3) is 5.91 Å². The van der Waals surface area contributed by atoms with Crippen molar-refractivity contribution in [3.05, 3.63) is 29.3 Å². The van der Waals surface area contributed by atoms with Crippen LogP contribution in [0.2, 0.25) is 5.02 Å². The first-order valence-electron chi connectivity index (χ1n) is 7.08. The number of rotatable bonds is 3. The number of carbonyl (C=O) groups is 1. The summed E-state index contributed by atoms with van der Waals surface area (Å²) in [7, 11) is 0. The Hall–Kier alpha value is -1.30. The highest BCUT2D eigenvalue weighted by molar-refractivity contribution is 6.30. The lowest BCUT2D eigenvalue weighted by molar-refractivity contribution is -0.150. The molecule has 114 valence electrons. The fourth-order valence-electron chi connectivity index (χ4n) is 2.73. The number of halogens is 1. The van der Waals surface area contributed by atoms with Crippen LogP contribution in [0.5, 0.6) is 5.75 Å². The van der Waals surface area contributed by atoms with Gasteiger partial charge in [0.15, 0.2) is 5.60 Å². The molecule has 21 heavy (non-hydrogen) atoms. The highest BCUT2D eigenvalue weighted by Crippen LogP contribution is 2.25. The van der Waals surface area contributed by atoms with E-state index >= 15 is 0 Å². The molecule has 2 atom stereocenters. The van der Waals surface area contributed by atoms with Gasteiger partial charge in [0.2, 0.25) is 0 Å². The molecule has 0 saturated carbocycles. The normalized spacial score (nSPS) is 28.9. The summed E-state index contributed by atoms with van der Waals surface area (Å²) in [5.74, 6) is 0.490. The van der Waals surface area contributed by atoms with Gasteiger partial charge in [0, 0.05) is 24.4 Å². The van der Waals surface area contributed by atoms with E-state index in [0.717, 1.165) is 12.2 Å². The standard InChI is InChI=1S/C15H18ClNO4/c16-11-1-3-12(4-2-11)21-13-5-7-17(9-13)14(18)15(19)6-8-20-10-15/h1-4,13,19H,5-10H2. The molecule has 1 aromatic carbocycles. The van der Waals surface area contributed by atoms with Crippen molar-refractivity contribution < 1.29 is 19.4 Å². The molecule has 2 heterocycles. The molecule has 0 aliphatic carbocycles. The number of likely N-dealkylation sites (tertiary alicyclic amines) is 1. The summed E-state index contributed by atoms with van der Waals surface area (Å²) in [6, 6.07) is 7.16. The number of carbonyl (C=O) groups excluding carboxylic acids is 1. The predicted octanol–water partition coefficient (Wildman–Crippen LogP) is 1.47. The van der Waals surface area contributed by atoms with Crippen LogP contribution in [0.4, 0.5) is 0 Å². The third-order valence-corrected chi connectivity index (χ3v) is 4.20. The molecule has 0 radical (unpaired) electrons. The Morgan fingerprint density at radius 1 is 1.43 bits per heavy atom. The van der Waals surface area contributed by atoms with Gasteiger partial charge < -0.3 is 19.5 Å². The second-order valence-electron chi connectivity index (χ2n) is 5.57. The van der Waals surface area contributed by atoms with E-state index in [0.29, 0.717) is 31.1 Å². The zero-order chi connectivity index (χ0) is 14.9. The van der Waals surface area contributed by atoms with Crippen LogP contribution in [0.3, 0.4) is 0 Å². The molecule has 6 heteroatoms. The number of aliphatic hydroxyl groups is 1. The quantitative estimate of drug-likeness (QED) is 0.918. The molecule has 1 N–H and O–H groups in total. The highest BCUT2D eigenvalue weighted by atomic mass is 35.5. The first-order valence-corrected chi connectivity index (χ1v) is 7.46. The van der Waals surface area contributed by atoms with Crippen LogP contribution < -0.4 is 4.74 Å². The lowest BCUT2D eigenvalue weighted by atomic mass is 10.0. The second kappa shape index (κ2) is 5.83. The first kappa shape index (κ1) is 14.6. The van der Waals surface area contributed by atoms with Crippen molar-refractivity contribution in [2.24, 2.45) is 0 Å². The molecule has 2 fully saturated rings. The Kier molecular flexibility index (Phi) is 4.06. The van der Waals surface area contributed by atoms with Gasteiger partial charge in [0.1, 0.15) is 11.9 Å². The summed E-state index contributed by atoms with van der Waals surface area (Å²) in [4.78, 5) is 14.0. The van der Waals surface area contributed by atoms with Crippen LogP contribution in [0, 0.1) is 0 Å². The van der Waals surface area contributed by atoms with E-state index in [9.17, 15) is 9.90 Å². The number of hydrogen-bond donors (Lipinski definition) is 1. The number of amides is 1. The SMILES string of the molecule is O=C(N1CCC(Oc2ccc(Cl)cc2)C1)C1(O)CCOC1. The van der Waals surface area contributed by atoms with Crippen LogP contribution in [0.25, 0.3) is 0 Å². The zero-order valence-corrected chi connectivity index (χ0v) is 12.4. The van der Waals surface area contributed by atoms with E-state index in [4.69, 9.17) is 21.1 Å². The average molecular weight is 312 g/mol. The maximum absolute atomic E-state index is 12.3. The Morgan fingerprint density at radius 3 is 2.86 bits per heavy atom. The highest BCUT2D eigenvalue weighted by Gasteiger charge is 2.44. The topological polar surface area (TPSA) is 59.0 Å². The average Bonchev–Trinajstić information content (AvgIpc) is 3.11. The molecule has 2 unspecified atom stereocenters. The lowest BCUT2D eigenvalue weighted by Gasteiger charge is -2.26. The predicted molar refractivity (Wildman–Crippen MR) is 77.5 cm³/mol. The number of benzene rings is 1. The maximum Gasteiger partial charge on any atom is 0.257 e. The third-order valence-electron chi connectivity index (χ3n) is 3.95. The summed E-state index contributed by atoms with van der Waals surface area (Å²) in [6.07, 6.45) is 1.07. The summed E-state index contributed by atoms with van der Waals surface area (Å²) >= 11 is 5.83. The summed E-state index contributed by atoms with van der Waals surface area (Å²) in [5.41, 5.74) is -1.35. The maximum atomic E-state index is 12.3. The minimum atomic E-state index is -1.35. The molecule has 0 aromatic heterocycles. The first-order chi connectivity index (χ1) is 10.1. The monoisotopic (exact) mass is 311 g/mol. The zero-order valence-electron chi connectivity index (χ0n) is 11.6.